The summed E-state index contributed by atoms with van der Waals surface area (Å²) in [5.41, 5.74) is 6.82. The van der Waals surface area contributed by atoms with Gasteiger partial charge in [0.1, 0.15) is 23.1 Å². The fourth-order valence-corrected chi connectivity index (χ4v) is 3.21. The zero-order valence-electron chi connectivity index (χ0n) is 16.6. The molecule has 2 N–H and O–H groups in total. The molecule has 0 aliphatic carbocycles. The minimum atomic E-state index is -0.749. The maximum Gasteiger partial charge on any atom is 0.328 e. The predicted molar refractivity (Wildman–Crippen MR) is 118 cm³/mol. The standard InChI is InChI=1S/C22H21NO6.BrH/c1-12(23)22(25)29-15-5-6-16-18(11-15)28-13(2)20(21(16)24)14-4-7-17-19(10-14)27-9-3-8-26-17;/h4-7,10-12H,3,8-9,23H2,1-2H3;1H/t12-;/m1./s1. The molecule has 0 unspecified atom stereocenters. The Hall–Kier alpha value is -2.84. The summed E-state index contributed by atoms with van der Waals surface area (Å²) in [4.78, 5) is 24.9. The van der Waals surface area contributed by atoms with E-state index in [2.05, 4.69) is 0 Å². The van der Waals surface area contributed by atoms with Crippen molar-refractivity contribution in [2.24, 2.45) is 5.73 Å². The molecule has 1 atom stereocenters. The first-order valence-electron chi connectivity index (χ1n) is 9.39. The molecule has 0 fully saturated rings. The fourth-order valence-electron chi connectivity index (χ4n) is 3.21. The van der Waals surface area contributed by atoms with Gasteiger partial charge in [0.05, 0.1) is 24.2 Å². The summed E-state index contributed by atoms with van der Waals surface area (Å²) in [7, 11) is 0. The summed E-state index contributed by atoms with van der Waals surface area (Å²) >= 11 is 0. The number of rotatable bonds is 3. The minimum absolute atomic E-state index is 0. The smallest absolute Gasteiger partial charge is 0.328 e. The highest BCUT2D eigenvalue weighted by molar-refractivity contribution is 8.93. The number of nitrogens with two attached hydrogens (primary N) is 1. The Labute approximate surface area is 183 Å². The van der Waals surface area contributed by atoms with Crippen LogP contribution in [0.2, 0.25) is 0 Å². The Morgan fingerprint density at radius 3 is 2.57 bits per heavy atom. The largest absolute Gasteiger partial charge is 0.490 e. The molecule has 0 spiro atoms. The lowest BCUT2D eigenvalue weighted by molar-refractivity contribution is -0.135. The number of ether oxygens (including phenoxy) is 3. The molecule has 0 radical (unpaired) electrons. The van der Waals surface area contributed by atoms with Crippen molar-refractivity contribution in [3.05, 3.63) is 52.4 Å². The van der Waals surface area contributed by atoms with Gasteiger partial charge in [0.2, 0.25) is 5.43 Å². The predicted octanol–water partition coefficient (Wildman–Crippen LogP) is 3.76. The van der Waals surface area contributed by atoms with Gasteiger partial charge < -0.3 is 24.4 Å². The molecule has 30 heavy (non-hydrogen) atoms. The molecule has 158 valence electrons. The average Bonchev–Trinajstić information content (AvgIpc) is 2.92. The topological polar surface area (TPSA) is 101 Å². The number of fused-ring (bicyclic) bond motifs is 2. The second-order valence-corrected chi connectivity index (χ2v) is 6.94. The van der Waals surface area contributed by atoms with E-state index < -0.39 is 12.0 Å². The molecule has 8 heteroatoms. The van der Waals surface area contributed by atoms with Crippen LogP contribution in [0.4, 0.5) is 0 Å². The van der Waals surface area contributed by atoms with E-state index >= 15 is 0 Å². The van der Waals surface area contributed by atoms with Crippen molar-refractivity contribution in [1.82, 2.24) is 0 Å². The number of carbonyl (C=O) groups excluding carboxylic acids is 1. The van der Waals surface area contributed by atoms with Gasteiger partial charge in [-0.1, -0.05) is 6.07 Å². The van der Waals surface area contributed by atoms with Crippen molar-refractivity contribution in [2.45, 2.75) is 26.3 Å². The minimum Gasteiger partial charge on any atom is -0.490 e. The van der Waals surface area contributed by atoms with Crippen LogP contribution in [0.1, 0.15) is 19.1 Å². The third-order valence-electron chi connectivity index (χ3n) is 4.67. The molecule has 4 rings (SSSR count). The summed E-state index contributed by atoms with van der Waals surface area (Å²) < 4.78 is 22.5. The second kappa shape index (κ2) is 8.89. The van der Waals surface area contributed by atoms with Gasteiger partial charge in [-0.2, -0.15) is 0 Å². The summed E-state index contributed by atoms with van der Waals surface area (Å²) in [5, 5.41) is 0.387. The van der Waals surface area contributed by atoms with Gasteiger partial charge in [-0.3, -0.25) is 4.79 Å². The zero-order valence-corrected chi connectivity index (χ0v) is 18.3. The number of benzene rings is 2. The van der Waals surface area contributed by atoms with E-state index in [-0.39, 0.29) is 28.2 Å². The van der Waals surface area contributed by atoms with Gasteiger partial charge in [-0.05, 0) is 43.7 Å². The van der Waals surface area contributed by atoms with Crippen LogP contribution >= 0.6 is 17.0 Å². The lowest BCUT2D eigenvalue weighted by Crippen LogP contribution is -2.30. The molecule has 2 heterocycles. The Balaban J connectivity index is 0.00000256. The van der Waals surface area contributed by atoms with E-state index in [1.807, 2.05) is 6.07 Å². The van der Waals surface area contributed by atoms with Crippen LogP contribution in [-0.2, 0) is 4.79 Å². The third-order valence-corrected chi connectivity index (χ3v) is 4.67. The molecule has 7 nitrogen and oxygen atoms in total. The average molecular weight is 476 g/mol. The number of hydrogen-bond donors (Lipinski definition) is 1. The van der Waals surface area contributed by atoms with Crippen LogP contribution in [0.3, 0.4) is 0 Å². The normalized spacial score (nSPS) is 13.8. The summed E-state index contributed by atoms with van der Waals surface area (Å²) in [6.45, 7) is 4.42. The number of esters is 1. The Kier molecular flexibility index (Phi) is 6.48. The highest BCUT2D eigenvalue weighted by Crippen LogP contribution is 2.35. The highest BCUT2D eigenvalue weighted by atomic mass is 79.9. The number of hydrogen-bond acceptors (Lipinski definition) is 7. The molecule has 0 saturated carbocycles. The van der Waals surface area contributed by atoms with Crippen molar-refractivity contribution in [3.63, 3.8) is 0 Å². The molecule has 1 aliphatic rings. The van der Waals surface area contributed by atoms with Crippen molar-refractivity contribution < 1.29 is 23.4 Å². The molecule has 1 aliphatic heterocycles. The van der Waals surface area contributed by atoms with Gasteiger partial charge >= 0.3 is 5.97 Å². The molecule has 0 bridgehead atoms. The van der Waals surface area contributed by atoms with E-state index in [1.165, 1.54) is 13.0 Å². The Bertz CT molecular complexity index is 1150. The van der Waals surface area contributed by atoms with Crippen molar-refractivity contribution in [3.8, 4) is 28.4 Å². The number of aryl methyl sites for hydroxylation is 1. The fraction of sp³-hybridized carbons (Fsp3) is 0.273. The van der Waals surface area contributed by atoms with Crippen LogP contribution in [-0.4, -0.2) is 25.2 Å². The number of halogens is 1. The molecule has 2 aromatic carbocycles. The van der Waals surface area contributed by atoms with E-state index in [1.54, 1.807) is 31.2 Å². The number of carbonyl (C=O) groups is 1. The highest BCUT2D eigenvalue weighted by Gasteiger charge is 2.18. The third kappa shape index (κ3) is 4.20. The van der Waals surface area contributed by atoms with Crippen LogP contribution in [0.15, 0.2) is 45.6 Å². The summed E-state index contributed by atoms with van der Waals surface area (Å²) in [5.74, 6) is 1.43. The van der Waals surface area contributed by atoms with E-state index in [9.17, 15) is 9.59 Å². The maximum absolute atomic E-state index is 13.2. The van der Waals surface area contributed by atoms with Crippen molar-refractivity contribution in [1.29, 1.82) is 0 Å². The van der Waals surface area contributed by atoms with Crippen LogP contribution < -0.4 is 25.4 Å². The molecule has 0 amide bonds. The van der Waals surface area contributed by atoms with Crippen LogP contribution in [0.25, 0.3) is 22.1 Å². The molecular formula is C22H22BrNO6. The quantitative estimate of drug-likeness (QED) is 0.454. The monoisotopic (exact) mass is 475 g/mol. The summed E-state index contributed by atoms with van der Waals surface area (Å²) in [6.07, 6.45) is 0.803. The molecule has 3 aromatic rings. The van der Waals surface area contributed by atoms with Gasteiger partial charge in [0.25, 0.3) is 0 Å². The lowest BCUT2D eigenvalue weighted by atomic mass is 10.0. The zero-order chi connectivity index (χ0) is 20.5. The molecule has 1 aromatic heterocycles. The van der Waals surface area contributed by atoms with Gasteiger partial charge in [-0.25, -0.2) is 4.79 Å². The van der Waals surface area contributed by atoms with Crippen LogP contribution in [0.5, 0.6) is 17.2 Å². The van der Waals surface area contributed by atoms with E-state index in [0.717, 1.165) is 6.42 Å². The van der Waals surface area contributed by atoms with Crippen molar-refractivity contribution in [2.75, 3.05) is 13.2 Å². The molecular weight excluding hydrogens is 454 g/mol. The first-order chi connectivity index (χ1) is 13.9. The first kappa shape index (κ1) is 21.9. The lowest BCUT2D eigenvalue weighted by Gasteiger charge is -2.12. The first-order valence-corrected chi connectivity index (χ1v) is 9.39. The van der Waals surface area contributed by atoms with Gasteiger partial charge in [0, 0.05) is 12.5 Å². The van der Waals surface area contributed by atoms with Gasteiger partial charge in [0.15, 0.2) is 11.5 Å². The van der Waals surface area contributed by atoms with Crippen LogP contribution in [0, 0.1) is 6.92 Å². The SMILES string of the molecule is Br.Cc1oc2cc(OC(=O)[C@@H](C)N)ccc2c(=O)c1-c1ccc2c(c1)OCCCO2. The Morgan fingerprint density at radius 1 is 1.10 bits per heavy atom. The van der Waals surface area contributed by atoms with E-state index in [0.29, 0.717) is 52.6 Å². The maximum atomic E-state index is 13.2. The molecule has 0 saturated heterocycles. The summed E-state index contributed by atoms with van der Waals surface area (Å²) in [6, 6.07) is 9.31. The van der Waals surface area contributed by atoms with E-state index in [4.69, 9.17) is 24.4 Å². The Morgan fingerprint density at radius 2 is 1.83 bits per heavy atom. The second-order valence-electron chi connectivity index (χ2n) is 6.94. The van der Waals surface area contributed by atoms with Gasteiger partial charge in [-0.15, -0.1) is 17.0 Å². The van der Waals surface area contributed by atoms with Crippen molar-refractivity contribution >= 4 is 33.9 Å².